The molecule has 0 aromatic carbocycles. The molecular formula is C26H35NO5S. The summed E-state index contributed by atoms with van der Waals surface area (Å²) in [5.41, 5.74) is 1.69. The number of esters is 1. The molecule has 6 atom stereocenters. The van der Waals surface area contributed by atoms with Gasteiger partial charge in [-0.05, 0) is 45.3 Å². The minimum atomic E-state index is -1.19. The van der Waals surface area contributed by atoms with Crippen molar-refractivity contribution in [3.8, 4) is 0 Å². The fourth-order valence-corrected chi connectivity index (χ4v) is 5.32. The second-order valence-electron chi connectivity index (χ2n) is 9.73. The molecule has 1 aliphatic carbocycles. The third-order valence-electron chi connectivity index (χ3n) is 6.98. The number of Topliss-reactive ketones (excluding diaryl/α,β-unsaturated/α-hetero) is 1. The Morgan fingerprint density at radius 3 is 2.70 bits per heavy atom. The van der Waals surface area contributed by atoms with Gasteiger partial charge in [0, 0.05) is 23.6 Å². The molecule has 2 heterocycles. The van der Waals surface area contributed by atoms with Crippen molar-refractivity contribution in [2.24, 2.45) is 17.3 Å². The lowest BCUT2D eigenvalue weighted by Gasteiger charge is -2.44. The monoisotopic (exact) mass is 473 g/mol. The van der Waals surface area contributed by atoms with Crippen LogP contribution in [0.25, 0.3) is 6.08 Å². The van der Waals surface area contributed by atoms with Crippen LogP contribution in [-0.4, -0.2) is 45.3 Å². The Kier molecular flexibility index (Phi) is 8.08. The van der Waals surface area contributed by atoms with Crippen molar-refractivity contribution < 1.29 is 24.5 Å². The van der Waals surface area contributed by atoms with E-state index in [1.54, 1.807) is 25.2 Å². The van der Waals surface area contributed by atoms with E-state index in [4.69, 9.17) is 4.74 Å². The van der Waals surface area contributed by atoms with Crippen LogP contribution in [0.5, 0.6) is 0 Å². The van der Waals surface area contributed by atoms with Gasteiger partial charge < -0.3 is 14.9 Å². The lowest BCUT2D eigenvalue weighted by Crippen LogP contribution is -2.53. The van der Waals surface area contributed by atoms with E-state index in [0.717, 1.165) is 21.8 Å². The first-order valence-corrected chi connectivity index (χ1v) is 12.4. The van der Waals surface area contributed by atoms with Gasteiger partial charge in [0.1, 0.15) is 11.9 Å². The van der Waals surface area contributed by atoms with Gasteiger partial charge >= 0.3 is 5.97 Å². The van der Waals surface area contributed by atoms with Crippen LogP contribution in [0.4, 0.5) is 0 Å². The second-order valence-corrected chi connectivity index (χ2v) is 10.8. The van der Waals surface area contributed by atoms with Gasteiger partial charge in [0.25, 0.3) is 0 Å². The van der Waals surface area contributed by atoms with Gasteiger partial charge in [-0.3, -0.25) is 9.59 Å². The number of hydrogen-bond donors (Lipinski definition) is 2. The van der Waals surface area contributed by atoms with Crippen LogP contribution < -0.4 is 0 Å². The molecule has 0 radical (unpaired) electrons. The molecular weight excluding hydrogens is 438 g/mol. The number of cyclic esters (lactones) is 1. The summed E-state index contributed by atoms with van der Waals surface area (Å²) < 4.78 is 5.81. The number of carbonyl (C=O) groups is 2. The predicted molar refractivity (Wildman–Crippen MR) is 130 cm³/mol. The van der Waals surface area contributed by atoms with E-state index in [2.05, 4.69) is 11.1 Å². The molecule has 1 saturated carbocycles. The number of rotatable bonds is 2. The first-order chi connectivity index (χ1) is 15.5. The lowest BCUT2D eigenvalue weighted by molar-refractivity contribution is -0.159. The summed E-state index contributed by atoms with van der Waals surface area (Å²) in [6.07, 6.45) is 6.68. The maximum atomic E-state index is 13.0. The van der Waals surface area contributed by atoms with Gasteiger partial charge in [0.2, 0.25) is 0 Å². The van der Waals surface area contributed by atoms with Gasteiger partial charge in [-0.2, -0.15) is 0 Å². The highest BCUT2D eigenvalue weighted by molar-refractivity contribution is 7.09. The Bertz CT molecular complexity index is 977. The van der Waals surface area contributed by atoms with Crippen LogP contribution >= 0.6 is 11.3 Å². The first kappa shape index (κ1) is 25.5. The SMILES string of the molecule is C/C1=C/C[C@@H](/C(C)=C/c2csc(C)n2)OC(=O)C[C@H](O)[C@]2(C)C[C@@H](/C=C\C1)[C@H](O)[C@@H](C)C2=O. The van der Waals surface area contributed by atoms with E-state index in [1.807, 2.05) is 44.4 Å². The van der Waals surface area contributed by atoms with E-state index in [0.29, 0.717) is 12.8 Å². The van der Waals surface area contributed by atoms with Crippen LogP contribution in [-0.2, 0) is 14.3 Å². The zero-order valence-electron chi connectivity index (χ0n) is 20.1. The average molecular weight is 474 g/mol. The summed E-state index contributed by atoms with van der Waals surface area (Å²) in [6.45, 7) is 9.26. The van der Waals surface area contributed by atoms with Crippen molar-refractivity contribution in [3.05, 3.63) is 45.5 Å². The number of aliphatic hydroxyl groups excluding tert-OH is 2. The molecule has 1 fully saturated rings. The highest BCUT2D eigenvalue weighted by Crippen LogP contribution is 2.43. The number of nitrogens with zero attached hydrogens (tertiary/aromatic N) is 1. The quantitative estimate of drug-likeness (QED) is 0.488. The molecule has 0 unspecified atom stereocenters. The Balaban J connectivity index is 1.91. The number of aryl methyl sites for hydroxylation is 1. The first-order valence-electron chi connectivity index (χ1n) is 11.5. The van der Waals surface area contributed by atoms with Gasteiger partial charge in [0.15, 0.2) is 0 Å². The van der Waals surface area contributed by atoms with Gasteiger partial charge in [-0.25, -0.2) is 4.98 Å². The molecule has 2 bridgehead atoms. The van der Waals surface area contributed by atoms with Crippen LogP contribution in [0.3, 0.4) is 0 Å². The normalized spacial score (nSPS) is 37.0. The van der Waals surface area contributed by atoms with Crippen molar-refractivity contribution >= 4 is 29.2 Å². The molecule has 1 aromatic heterocycles. The van der Waals surface area contributed by atoms with E-state index < -0.39 is 35.6 Å². The molecule has 0 amide bonds. The van der Waals surface area contributed by atoms with Crippen LogP contribution in [0.1, 0.15) is 64.1 Å². The summed E-state index contributed by atoms with van der Waals surface area (Å²) in [7, 11) is 0. The molecule has 1 aromatic rings. The number of hydrogen-bond acceptors (Lipinski definition) is 7. The van der Waals surface area contributed by atoms with Gasteiger partial charge in [-0.15, -0.1) is 11.3 Å². The Morgan fingerprint density at radius 1 is 1.30 bits per heavy atom. The van der Waals surface area contributed by atoms with Crippen molar-refractivity contribution in [1.82, 2.24) is 4.98 Å². The van der Waals surface area contributed by atoms with Crippen molar-refractivity contribution in [3.63, 3.8) is 0 Å². The highest BCUT2D eigenvalue weighted by Gasteiger charge is 2.51. The van der Waals surface area contributed by atoms with E-state index in [9.17, 15) is 19.8 Å². The molecule has 0 spiro atoms. The molecule has 33 heavy (non-hydrogen) atoms. The fourth-order valence-electron chi connectivity index (χ4n) is 4.75. The number of aliphatic hydroxyl groups is 2. The van der Waals surface area contributed by atoms with E-state index in [-0.39, 0.29) is 24.5 Å². The summed E-state index contributed by atoms with van der Waals surface area (Å²) >= 11 is 1.56. The maximum absolute atomic E-state index is 13.0. The van der Waals surface area contributed by atoms with Gasteiger partial charge in [-0.1, -0.05) is 37.6 Å². The Hall–Kier alpha value is -2.09. The molecule has 7 heteroatoms. The Morgan fingerprint density at radius 2 is 2.03 bits per heavy atom. The van der Waals surface area contributed by atoms with Gasteiger partial charge in [0.05, 0.1) is 34.7 Å². The molecule has 0 saturated heterocycles. The molecule has 180 valence electrons. The minimum absolute atomic E-state index is 0.213. The molecule has 6 nitrogen and oxygen atoms in total. The standard InChI is InChI=1S/C26H35NO5S/c1-15-7-6-8-19-13-26(5,25(31)17(3)24(19)30)22(28)12-23(29)32-21(10-9-15)16(2)11-20-14-33-18(4)27-20/h6,8-9,11,14,17,19,21-22,24,28,30H,7,10,12-13H2,1-5H3/b8-6-,15-9-,16-11+/t17-,19-,21+,22+,24-,26+/m1/s1. The number of carbonyl (C=O) groups excluding carboxylic acids is 2. The van der Waals surface area contributed by atoms with Crippen molar-refractivity contribution in [1.29, 1.82) is 0 Å². The number of ketones is 1. The minimum Gasteiger partial charge on any atom is -0.457 e. The zero-order chi connectivity index (χ0) is 24.3. The zero-order valence-corrected chi connectivity index (χ0v) is 20.9. The van der Waals surface area contributed by atoms with Crippen molar-refractivity contribution in [2.45, 2.75) is 78.6 Å². The number of allylic oxidation sites excluding steroid dienone is 2. The topological polar surface area (TPSA) is 96.7 Å². The predicted octanol–water partition coefficient (Wildman–Crippen LogP) is 4.41. The number of thiazole rings is 1. The molecule has 3 rings (SSSR count). The summed E-state index contributed by atoms with van der Waals surface area (Å²) in [5, 5.41) is 24.5. The third kappa shape index (κ3) is 5.89. The number of fused-ring (bicyclic) bond motifs is 2. The largest absolute Gasteiger partial charge is 0.457 e. The smallest absolute Gasteiger partial charge is 0.309 e. The lowest BCUT2D eigenvalue weighted by atomic mass is 9.61. The fraction of sp³-hybridized carbons (Fsp3) is 0.577. The van der Waals surface area contributed by atoms with E-state index in [1.165, 1.54) is 0 Å². The second kappa shape index (κ2) is 10.5. The van der Waals surface area contributed by atoms with Crippen LogP contribution in [0, 0.1) is 24.2 Å². The highest BCUT2D eigenvalue weighted by atomic mass is 32.1. The number of ether oxygens (including phenoxy) is 1. The molecule has 2 aliphatic rings. The average Bonchev–Trinajstić information content (AvgIpc) is 3.16. The van der Waals surface area contributed by atoms with E-state index >= 15 is 0 Å². The third-order valence-corrected chi connectivity index (χ3v) is 7.77. The maximum Gasteiger partial charge on any atom is 0.309 e. The van der Waals surface area contributed by atoms with Crippen LogP contribution in [0.2, 0.25) is 0 Å². The summed E-state index contributed by atoms with van der Waals surface area (Å²) in [6, 6.07) is 0. The molecule has 2 N–H and O–H groups in total. The van der Waals surface area contributed by atoms with Crippen molar-refractivity contribution in [2.75, 3.05) is 0 Å². The number of aromatic nitrogens is 1. The molecule has 1 aliphatic heterocycles. The Labute approximate surface area is 200 Å². The van der Waals surface area contributed by atoms with Crippen LogP contribution in [0.15, 0.2) is 34.8 Å². The summed E-state index contributed by atoms with van der Waals surface area (Å²) in [4.78, 5) is 30.3. The summed E-state index contributed by atoms with van der Waals surface area (Å²) in [5.74, 6) is -1.64.